The van der Waals surface area contributed by atoms with Crippen LogP contribution < -0.4 is 4.74 Å². The second kappa shape index (κ2) is 8.45. The molecule has 4 aromatic carbocycles. The lowest BCUT2D eigenvalue weighted by Crippen LogP contribution is -2.13. The Hall–Kier alpha value is -2.84. The van der Waals surface area contributed by atoms with Crippen molar-refractivity contribution in [1.82, 2.24) is 0 Å². The molecule has 0 aliphatic heterocycles. The summed E-state index contributed by atoms with van der Waals surface area (Å²) >= 11 is 0. The first-order chi connectivity index (χ1) is 13.8. The average Bonchev–Trinajstić information content (AvgIpc) is 2.76. The molecule has 0 aromatic heterocycles. The fourth-order valence-electron chi connectivity index (χ4n) is 3.61. The highest BCUT2D eigenvalue weighted by molar-refractivity contribution is 6.06. The highest BCUT2D eigenvalue weighted by Crippen LogP contribution is 2.37. The van der Waals surface area contributed by atoms with Gasteiger partial charge in [0, 0.05) is 5.39 Å². The van der Waals surface area contributed by atoms with Crippen LogP contribution in [0.1, 0.15) is 20.3 Å². The molecule has 1 atom stereocenters. The lowest BCUT2D eigenvalue weighted by molar-refractivity contribution is 0.0430. The van der Waals surface area contributed by atoms with Crippen molar-refractivity contribution in [2.24, 2.45) is 0 Å². The van der Waals surface area contributed by atoms with Gasteiger partial charge < -0.3 is 9.47 Å². The van der Waals surface area contributed by atoms with Gasteiger partial charge in [0.05, 0.1) is 12.7 Å². The Morgan fingerprint density at radius 2 is 1.36 bits per heavy atom. The fourth-order valence-corrected chi connectivity index (χ4v) is 3.61. The van der Waals surface area contributed by atoms with E-state index in [0.29, 0.717) is 13.2 Å². The van der Waals surface area contributed by atoms with Crippen LogP contribution in [0.4, 0.5) is 0 Å². The second-order valence-electron chi connectivity index (χ2n) is 7.12. The molecule has 4 aromatic rings. The van der Waals surface area contributed by atoms with Crippen LogP contribution in [0, 0.1) is 0 Å². The van der Waals surface area contributed by atoms with Crippen LogP contribution in [0.5, 0.6) is 5.75 Å². The first-order valence-corrected chi connectivity index (χ1v) is 10.0. The summed E-state index contributed by atoms with van der Waals surface area (Å²) in [5, 5.41) is 4.87. The molecule has 2 heteroatoms. The second-order valence-corrected chi connectivity index (χ2v) is 7.12. The highest BCUT2D eigenvalue weighted by atomic mass is 16.5. The number of ether oxygens (including phenoxy) is 2. The molecular weight excluding hydrogens is 344 g/mol. The van der Waals surface area contributed by atoms with Gasteiger partial charge in [-0.2, -0.15) is 0 Å². The Labute approximate surface area is 166 Å². The van der Waals surface area contributed by atoms with Crippen LogP contribution in [0.3, 0.4) is 0 Å². The molecule has 0 fully saturated rings. The summed E-state index contributed by atoms with van der Waals surface area (Å²) in [6.07, 6.45) is 1.29. The van der Waals surface area contributed by atoms with E-state index in [0.717, 1.165) is 17.6 Å². The molecule has 0 N–H and O–H groups in total. The standard InChI is InChI=1S/C26H26O2/c1-3-19(2)27-17-18-28-26-16-15-24(23-12-6-7-13-25(23)26)22-14-8-10-20-9-4-5-11-21(20)22/h4-16,19H,3,17-18H2,1-2H3. The van der Waals surface area contributed by atoms with Gasteiger partial charge in [-0.05, 0) is 46.7 Å². The van der Waals surface area contributed by atoms with Gasteiger partial charge in [0.25, 0.3) is 0 Å². The number of hydrogen-bond acceptors (Lipinski definition) is 2. The van der Waals surface area contributed by atoms with Gasteiger partial charge in [-0.25, -0.2) is 0 Å². The van der Waals surface area contributed by atoms with E-state index >= 15 is 0 Å². The zero-order valence-electron chi connectivity index (χ0n) is 16.5. The molecule has 0 radical (unpaired) electrons. The van der Waals surface area contributed by atoms with Crippen molar-refractivity contribution in [1.29, 1.82) is 0 Å². The zero-order chi connectivity index (χ0) is 19.3. The molecule has 1 unspecified atom stereocenters. The Morgan fingerprint density at radius 3 is 2.18 bits per heavy atom. The van der Waals surface area contributed by atoms with Crippen molar-refractivity contribution >= 4 is 21.5 Å². The summed E-state index contributed by atoms with van der Waals surface area (Å²) in [4.78, 5) is 0. The molecule has 28 heavy (non-hydrogen) atoms. The molecule has 0 aliphatic carbocycles. The molecule has 0 amide bonds. The summed E-state index contributed by atoms with van der Waals surface area (Å²) in [6.45, 7) is 5.38. The van der Waals surface area contributed by atoms with E-state index in [4.69, 9.17) is 9.47 Å². The van der Waals surface area contributed by atoms with Crippen molar-refractivity contribution in [3.63, 3.8) is 0 Å². The van der Waals surface area contributed by atoms with Gasteiger partial charge in [-0.15, -0.1) is 0 Å². The highest BCUT2D eigenvalue weighted by Gasteiger charge is 2.11. The van der Waals surface area contributed by atoms with E-state index in [1.807, 2.05) is 0 Å². The predicted molar refractivity (Wildman–Crippen MR) is 118 cm³/mol. The molecule has 0 bridgehead atoms. The predicted octanol–water partition coefficient (Wildman–Crippen LogP) is 6.85. The third kappa shape index (κ3) is 3.74. The van der Waals surface area contributed by atoms with Gasteiger partial charge in [0.2, 0.25) is 0 Å². The van der Waals surface area contributed by atoms with Crippen molar-refractivity contribution in [2.45, 2.75) is 26.4 Å². The van der Waals surface area contributed by atoms with E-state index in [-0.39, 0.29) is 6.10 Å². The van der Waals surface area contributed by atoms with E-state index in [9.17, 15) is 0 Å². The monoisotopic (exact) mass is 370 g/mol. The largest absolute Gasteiger partial charge is 0.491 e. The first-order valence-electron chi connectivity index (χ1n) is 10.0. The van der Waals surface area contributed by atoms with Gasteiger partial charge in [0.15, 0.2) is 0 Å². The minimum atomic E-state index is 0.272. The number of rotatable bonds is 7. The average molecular weight is 370 g/mol. The molecule has 0 saturated heterocycles. The summed E-state index contributed by atoms with van der Waals surface area (Å²) < 4.78 is 11.8. The molecule has 0 aliphatic rings. The van der Waals surface area contributed by atoms with Crippen LogP contribution in [-0.4, -0.2) is 19.3 Å². The molecular formula is C26H26O2. The van der Waals surface area contributed by atoms with Crippen molar-refractivity contribution in [2.75, 3.05) is 13.2 Å². The molecule has 142 valence electrons. The maximum absolute atomic E-state index is 6.07. The fraction of sp³-hybridized carbons (Fsp3) is 0.231. The van der Waals surface area contributed by atoms with Crippen LogP contribution >= 0.6 is 0 Å². The molecule has 4 rings (SSSR count). The Kier molecular flexibility index (Phi) is 5.59. The smallest absolute Gasteiger partial charge is 0.127 e. The topological polar surface area (TPSA) is 18.5 Å². The first kappa shape index (κ1) is 18.5. The minimum absolute atomic E-state index is 0.272. The maximum atomic E-state index is 6.07. The van der Waals surface area contributed by atoms with E-state index < -0.39 is 0 Å². The van der Waals surface area contributed by atoms with Crippen LogP contribution in [0.25, 0.3) is 32.7 Å². The van der Waals surface area contributed by atoms with Crippen molar-refractivity contribution in [3.05, 3.63) is 78.9 Å². The Bertz CT molecular complexity index is 1080. The normalized spacial score (nSPS) is 12.4. The number of fused-ring (bicyclic) bond motifs is 2. The van der Waals surface area contributed by atoms with Gasteiger partial charge in [-0.1, -0.05) is 79.7 Å². The summed E-state index contributed by atoms with van der Waals surface area (Å²) in [6, 6.07) is 27.8. The lowest BCUT2D eigenvalue weighted by atomic mass is 9.94. The van der Waals surface area contributed by atoms with E-state index in [1.165, 1.54) is 27.3 Å². The lowest BCUT2D eigenvalue weighted by Gasteiger charge is -2.15. The van der Waals surface area contributed by atoms with Crippen LogP contribution in [0.2, 0.25) is 0 Å². The van der Waals surface area contributed by atoms with E-state index in [2.05, 4.69) is 92.7 Å². The number of benzene rings is 4. The Balaban J connectivity index is 1.70. The van der Waals surface area contributed by atoms with E-state index in [1.54, 1.807) is 0 Å². The van der Waals surface area contributed by atoms with Crippen LogP contribution in [-0.2, 0) is 4.74 Å². The quantitative estimate of drug-likeness (QED) is 0.331. The third-order valence-electron chi connectivity index (χ3n) is 5.28. The third-order valence-corrected chi connectivity index (χ3v) is 5.28. The number of hydrogen-bond donors (Lipinski definition) is 0. The summed E-state index contributed by atoms with van der Waals surface area (Å²) in [7, 11) is 0. The van der Waals surface area contributed by atoms with Crippen LogP contribution in [0.15, 0.2) is 78.9 Å². The van der Waals surface area contributed by atoms with Gasteiger partial charge >= 0.3 is 0 Å². The summed E-state index contributed by atoms with van der Waals surface area (Å²) in [5.74, 6) is 0.910. The molecule has 2 nitrogen and oxygen atoms in total. The molecule has 0 saturated carbocycles. The zero-order valence-corrected chi connectivity index (χ0v) is 16.5. The minimum Gasteiger partial charge on any atom is -0.491 e. The van der Waals surface area contributed by atoms with Crippen molar-refractivity contribution in [3.8, 4) is 16.9 Å². The van der Waals surface area contributed by atoms with Gasteiger partial charge in [0.1, 0.15) is 12.4 Å². The van der Waals surface area contributed by atoms with Gasteiger partial charge in [-0.3, -0.25) is 0 Å². The Morgan fingerprint density at radius 1 is 0.679 bits per heavy atom. The maximum Gasteiger partial charge on any atom is 0.127 e. The summed E-state index contributed by atoms with van der Waals surface area (Å²) in [5.41, 5.74) is 2.48. The molecule has 0 heterocycles. The molecule has 0 spiro atoms. The van der Waals surface area contributed by atoms with Crippen molar-refractivity contribution < 1.29 is 9.47 Å². The SMILES string of the molecule is CCC(C)OCCOc1ccc(-c2cccc3ccccc23)c2ccccc12.